The Morgan fingerprint density at radius 1 is 1.10 bits per heavy atom. The van der Waals surface area contributed by atoms with Crippen LogP contribution in [0.25, 0.3) is 0 Å². The number of carbonyl (C=O) groups is 1. The monoisotopic (exact) mass is 283 g/mol. The molecule has 0 aliphatic carbocycles. The summed E-state index contributed by atoms with van der Waals surface area (Å²) < 4.78 is 0. The number of amides is 1. The van der Waals surface area contributed by atoms with Crippen LogP contribution in [0.4, 0.5) is 11.5 Å². The first-order valence-electron chi connectivity index (χ1n) is 7.00. The lowest BCUT2D eigenvalue weighted by Crippen LogP contribution is -2.27. The van der Waals surface area contributed by atoms with Crippen LogP contribution < -0.4 is 10.6 Å². The minimum absolute atomic E-state index is 0.0192. The summed E-state index contributed by atoms with van der Waals surface area (Å²) >= 11 is 0. The molecule has 0 unspecified atom stereocenters. The Morgan fingerprint density at radius 3 is 2.38 bits per heavy atom. The average Bonchev–Trinajstić information content (AvgIpc) is 2.46. The maximum atomic E-state index is 11.9. The molecule has 0 radical (unpaired) electrons. The van der Waals surface area contributed by atoms with Crippen LogP contribution >= 0.6 is 0 Å². The maximum absolute atomic E-state index is 11.9. The fraction of sp³-hybridized carbons (Fsp3) is 0.294. The molecule has 0 atom stereocenters. The van der Waals surface area contributed by atoms with Crippen molar-refractivity contribution in [3.05, 3.63) is 54.2 Å². The summed E-state index contributed by atoms with van der Waals surface area (Å²) in [5.41, 5.74) is 1.49. The van der Waals surface area contributed by atoms with Gasteiger partial charge in [-0.1, -0.05) is 51.1 Å². The van der Waals surface area contributed by atoms with Crippen LogP contribution in [0, 0.1) is 5.41 Å². The number of benzene rings is 1. The van der Waals surface area contributed by atoms with Gasteiger partial charge in [0.2, 0.25) is 5.91 Å². The molecule has 4 nitrogen and oxygen atoms in total. The number of nitrogens with zero attached hydrogens (tertiary/aromatic N) is 1. The number of nitrogens with one attached hydrogen (secondary N) is 2. The normalized spacial score (nSPS) is 11.0. The van der Waals surface area contributed by atoms with Crippen LogP contribution in [0.2, 0.25) is 0 Å². The van der Waals surface area contributed by atoms with Gasteiger partial charge in [-0.3, -0.25) is 4.79 Å². The van der Waals surface area contributed by atoms with Gasteiger partial charge in [0, 0.05) is 12.0 Å². The van der Waals surface area contributed by atoms with Crippen molar-refractivity contribution in [2.75, 3.05) is 10.6 Å². The van der Waals surface area contributed by atoms with Crippen molar-refractivity contribution in [3.63, 3.8) is 0 Å². The highest BCUT2D eigenvalue weighted by atomic mass is 16.2. The highest BCUT2D eigenvalue weighted by Gasteiger charge is 2.21. The van der Waals surface area contributed by atoms with E-state index in [1.54, 1.807) is 6.20 Å². The zero-order valence-corrected chi connectivity index (χ0v) is 12.7. The van der Waals surface area contributed by atoms with Crippen LogP contribution in [0.15, 0.2) is 48.7 Å². The summed E-state index contributed by atoms with van der Waals surface area (Å²) in [5, 5.41) is 6.10. The molecule has 4 heteroatoms. The number of carbonyl (C=O) groups excluding carboxylic acids is 1. The second-order valence-corrected chi connectivity index (χ2v) is 5.98. The van der Waals surface area contributed by atoms with Gasteiger partial charge in [-0.05, 0) is 17.7 Å². The zero-order chi connectivity index (χ0) is 15.3. The van der Waals surface area contributed by atoms with Crippen LogP contribution in [0.1, 0.15) is 26.3 Å². The van der Waals surface area contributed by atoms with Crippen LogP contribution in [0.3, 0.4) is 0 Å². The molecule has 0 aliphatic heterocycles. The second-order valence-electron chi connectivity index (χ2n) is 5.98. The van der Waals surface area contributed by atoms with E-state index in [4.69, 9.17) is 0 Å². The molecular formula is C17H21N3O. The minimum Gasteiger partial charge on any atom is -0.366 e. The second kappa shape index (κ2) is 6.39. The SMILES string of the molecule is CC(C)(C)C(=O)Nc1ccc(NCc2ccccc2)nc1. The molecule has 21 heavy (non-hydrogen) atoms. The van der Waals surface area contributed by atoms with E-state index >= 15 is 0 Å². The predicted molar refractivity (Wildman–Crippen MR) is 86.1 cm³/mol. The molecule has 2 aromatic rings. The fourth-order valence-corrected chi connectivity index (χ4v) is 1.68. The molecule has 0 saturated carbocycles. The van der Waals surface area contributed by atoms with Gasteiger partial charge >= 0.3 is 0 Å². The summed E-state index contributed by atoms with van der Waals surface area (Å²) in [7, 11) is 0. The van der Waals surface area contributed by atoms with Crippen molar-refractivity contribution in [2.24, 2.45) is 5.41 Å². The maximum Gasteiger partial charge on any atom is 0.229 e. The number of hydrogen-bond acceptors (Lipinski definition) is 3. The van der Waals surface area contributed by atoms with Gasteiger partial charge in [0.15, 0.2) is 0 Å². The molecule has 2 rings (SSSR count). The first kappa shape index (κ1) is 15.0. The summed E-state index contributed by atoms with van der Waals surface area (Å²) in [6.45, 7) is 6.37. The van der Waals surface area contributed by atoms with Crippen molar-refractivity contribution >= 4 is 17.4 Å². The standard InChI is InChI=1S/C17H21N3O/c1-17(2,3)16(21)20-14-9-10-15(19-12-14)18-11-13-7-5-4-6-8-13/h4-10,12H,11H2,1-3H3,(H,18,19)(H,20,21). The third-order valence-corrected chi connectivity index (χ3v) is 3.02. The lowest BCUT2D eigenvalue weighted by Gasteiger charge is -2.17. The van der Waals surface area contributed by atoms with E-state index in [9.17, 15) is 4.79 Å². The van der Waals surface area contributed by atoms with Gasteiger partial charge in [-0.15, -0.1) is 0 Å². The summed E-state index contributed by atoms with van der Waals surface area (Å²) in [5.74, 6) is 0.766. The first-order chi connectivity index (χ1) is 9.95. The van der Waals surface area contributed by atoms with E-state index in [0.29, 0.717) is 5.69 Å². The molecule has 0 aliphatic rings. The molecule has 110 valence electrons. The van der Waals surface area contributed by atoms with Crippen molar-refractivity contribution < 1.29 is 4.79 Å². The van der Waals surface area contributed by atoms with Gasteiger partial charge in [-0.25, -0.2) is 4.98 Å². The van der Waals surface area contributed by atoms with Crippen molar-refractivity contribution in [2.45, 2.75) is 27.3 Å². The highest BCUT2D eigenvalue weighted by molar-refractivity contribution is 5.94. The van der Waals surface area contributed by atoms with E-state index in [2.05, 4.69) is 27.8 Å². The third-order valence-electron chi connectivity index (χ3n) is 3.02. The number of rotatable bonds is 4. The first-order valence-corrected chi connectivity index (χ1v) is 7.00. The number of aromatic nitrogens is 1. The van der Waals surface area contributed by atoms with Gasteiger partial charge < -0.3 is 10.6 Å². The largest absolute Gasteiger partial charge is 0.366 e. The zero-order valence-electron chi connectivity index (χ0n) is 12.7. The lowest BCUT2D eigenvalue weighted by molar-refractivity contribution is -0.123. The van der Waals surface area contributed by atoms with Gasteiger partial charge in [0.05, 0.1) is 11.9 Å². The van der Waals surface area contributed by atoms with Gasteiger partial charge in [-0.2, -0.15) is 0 Å². The third kappa shape index (κ3) is 4.60. The number of pyridine rings is 1. The van der Waals surface area contributed by atoms with E-state index in [0.717, 1.165) is 12.4 Å². The van der Waals surface area contributed by atoms with E-state index in [1.807, 2.05) is 51.1 Å². The fourth-order valence-electron chi connectivity index (χ4n) is 1.68. The molecule has 1 heterocycles. The number of anilines is 2. The summed E-state index contributed by atoms with van der Waals surface area (Å²) in [6, 6.07) is 13.8. The Labute approximate surface area is 125 Å². The van der Waals surface area contributed by atoms with Gasteiger partial charge in [0.25, 0.3) is 0 Å². The molecule has 0 fully saturated rings. The van der Waals surface area contributed by atoms with Crippen LogP contribution in [-0.4, -0.2) is 10.9 Å². The summed E-state index contributed by atoms with van der Waals surface area (Å²) in [4.78, 5) is 16.2. The van der Waals surface area contributed by atoms with Crippen molar-refractivity contribution in [1.29, 1.82) is 0 Å². The minimum atomic E-state index is -0.412. The van der Waals surface area contributed by atoms with E-state index < -0.39 is 5.41 Å². The quantitative estimate of drug-likeness (QED) is 0.900. The Kier molecular flexibility index (Phi) is 4.58. The Hall–Kier alpha value is -2.36. The predicted octanol–water partition coefficient (Wildman–Crippen LogP) is 3.68. The molecule has 0 bridgehead atoms. The number of hydrogen-bond donors (Lipinski definition) is 2. The van der Waals surface area contributed by atoms with E-state index in [1.165, 1.54) is 5.56 Å². The molecular weight excluding hydrogens is 262 g/mol. The van der Waals surface area contributed by atoms with Crippen molar-refractivity contribution in [3.8, 4) is 0 Å². The topological polar surface area (TPSA) is 54.0 Å². The Balaban J connectivity index is 1.92. The summed E-state index contributed by atoms with van der Waals surface area (Å²) in [6.07, 6.45) is 1.66. The van der Waals surface area contributed by atoms with E-state index in [-0.39, 0.29) is 5.91 Å². The lowest BCUT2D eigenvalue weighted by atomic mass is 9.96. The van der Waals surface area contributed by atoms with Gasteiger partial charge in [0.1, 0.15) is 5.82 Å². The van der Waals surface area contributed by atoms with Crippen molar-refractivity contribution in [1.82, 2.24) is 4.98 Å². The molecule has 1 amide bonds. The smallest absolute Gasteiger partial charge is 0.229 e. The Bertz CT molecular complexity index is 586. The Morgan fingerprint density at radius 2 is 1.81 bits per heavy atom. The molecule has 1 aromatic carbocycles. The van der Waals surface area contributed by atoms with Crippen LogP contribution in [-0.2, 0) is 11.3 Å². The molecule has 0 saturated heterocycles. The molecule has 2 N–H and O–H groups in total. The average molecular weight is 283 g/mol. The molecule has 1 aromatic heterocycles. The highest BCUT2D eigenvalue weighted by Crippen LogP contribution is 2.17. The molecule has 0 spiro atoms. The van der Waals surface area contributed by atoms with Crippen LogP contribution in [0.5, 0.6) is 0 Å².